The Labute approximate surface area is 135 Å². The Morgan fingerprint density at radius 2 is 2.14 bits per heavy atom. The monoisotopic (exact) mass is 314 g/mol. The highest BCUT2D eigenvalue weighted by molar-refractivity contribution is 5.68. The van der Waals surface area contributed by atoms with Gasteiger partial charge in [0.15, 0.2) is 0 Å². The minimum absolute atomic E-state index is 0.202. The molecule has 1 heterocycles. The van der Waals surface area contributed by atoms with Crippen LogP contribution in [0.3, 0.4) is 0 Å². The number of likely N-dealkylation sites (tertiary alicyclic amines) is 1. The number of piperidine rings is 1. The fraction of sp³-hybridized carbons (Fsp3) is 0.941. The highest BCUT2D eigenvalue weighted by Crippen LogP contribution is 2.22. The van der Waals surface area contributed by atoms with E-state index in [2.05, 4.69) is 19.2 Å². The molecule has 3 atom stereocenters. The van der Waals surface area contributed by atoms with Gasteiger partial charge in [0, 0.05) is 31.8 Å². The van der Waals surface area contributed by atoms with Gasteiger partial charge >= 0.3 is 6.09 Å². The molecule has 5 heteroatoms. The third kappa shape index (κ3) is 6.53. The van der Waals surface area contributed by atoms with Crippen molar-refractivity contribution in [2.75, 3.05) is 19.7 Å². The molecule has 0 bridgehead atoms. The Hall–Kier alpha value is -0.810. The van der Waals surface area contributed by atoms with Gasteiger partial charge in [-0.05, 0) is 59.3 Å². The van der Waals surface area contributed by atoms with Gasteiger partial charge in [-0.2, -0.15) is 0 Å². The van der Waals surface area contributed by atoms with Gasteiger partial charge in [0.25, 0.3) is 0 Å². The van der Waals surface area contributed by atoms with Crippen LogP contribution in [-0.2, 0) is 4.74 Å². The standard InChI is InChI=1S/C17H34N2O3/c1-6-15(9-11-20)18-13(2)14-8-7-10-19(12-14)16(21)22-17(3,4)5/h13-15,18,20H,6-12H2,1-5H3. The number of nitrogens with one attached hydrogen (secondary N) is 1. The van der Waals surface area contributed by atoms with E-state index < -0.39 is 5.60 Å². The van der Waals surface area contributed by atoms with Crippen molar-refractivity contribution in [1.82, 2.24) is 10.2 Å². The van der Waals surface area contributed by atoms with E-state index in [-0.39, 0.29) is 12.7 Å². The quantitative estimate of drug-likeness (QED) is 0.791. The molecule has 1 fully saturated rings. The number of aliphatic hydroxyl groups excluding tert-OH is 1. The number of carbonyl (C=O) groups excluding carboxylic acids is 1. The van der Waals surface area contributed by atoms with E-state index in [4.69, 9.17) is 9.84 Å². The zero-order valence-corrected chi connectivity index (χ0v) is 14.9. The molecule has 1 amide bonds. The lowest BCUT2D eigenvalue weighted by Crippen LogP contribution is -2.49. The van der Waals surface area contributed by atoms with Crippen molar-refractivity contribution >= 4 is 6.09 Å². The first-order valence-electron chi connectivity index (χ1n) is 8.61. The van der Waals surface area contributed by atoms with Crippen LogP contribution in [0.4, 0.5) is 4.79 Å². The molecule has 1 rings (SSSR count). The van der Waals surface area contributed by atoms with Gasteiger partial charge in [-0.15, -0.1) is 0 Å². The second-order valence-corrected chi connectivity index (χ2v) is 7.40. The number of hydrogen-bond donors (Lipinski definition) is 2. The van der Waals surface area contributed by atoms with Gasteiger partial charge in [0.05, 0.1) is 0 Å². The maximum atomic E-state index is 12.2. The van der Waals surface area contributed by atoms with E-state index in [9.17, 15) is 4.79 Å². The van der Waals surface area contributed by atoms with Crippen molar-refractivity contribution in [3.8, 4) is 0 Å². The van der Waals surface area contributed by atoms with Gasteiger partial charge in [-0.25, -0.2) is 4.79 Å². The number of hydrogen-bond acceptors (Lipinski definition) is 4. The fourth-order valence-corrected chi connectivity index (χ4v) is 2.98. The van der Waals surface area contributed by atoms with Crippen LogP contribution in [0, 0.1) is 5.92 Å². The van der Waals surface area contributed by atoms with Crippen LogP contribution in [0.2, 0.25) is 0 Å². The summed E-state index contributed by atoms with van der Waals surface area (Å²) in [5.41, 5.74) is -0.442. The lowest BCUT2D eigenvalue weighted by Gasteiger charge is -2.37. The molecule has 0 spiro atoms. The number of amides is 1. The van der Waals surface area contributed by atoms with Gasteiger partial charge in [0.2, 0.25) is 0 Å². The molecule has 0 saturated carbocycles. The van der Waals surface area contributed by atoms with E-state index in [1.165, 1.54) is 0 Å². The summed E-state index contributed by atoms with van der Waals surface area (Å²) in [5, 5.41) is 12.7. The first-order chi connectivity index (χ1) is 10.3. The average Bonchev–Trinajstić information content (AvgIpc) is 2.45. The molecule has 2 N–H and O–H groups in total. The SMILES string of the molecule is CCC(CCO)NC(C)C1CCCN(C(=O)OC(C)(C)C)C1. The van der Waals surface area contributed by atoms with Crippen LogP contribution in [0.15, 0.2) is 0 Å². The fourth-order valence-electron chi connectivity index (χ4n) is 2.98. The molecule has 130 valence electrons. The first-order valence-corrected chi connectivity index (χ1v) is 8.61. The molecule has 1 saturated heterocycles. The number of rotatable bonds is 6. The highest BCUT2D eigenvalue weighted by Gasteiger charge is 2.30. The van der Waals surface area contributed by atoms with Crippen LogP contribution in [0.25, 0.3) is 0 Å². The number of carbonyl (C=O) groups is 1. The third-order valence-electron chi connectivity index (χ3n) is 4.29. The topological polar surface area (TPSA) is 61.8 Å². The summed E-state index contributed by atoms with van der Waals surface area (Å²) >= 11 is 0. The minimum atomic E-state index is -0.442. The molecular formula is C17H34N2O3. The van der Waals surface area contributed by atoms with Crippen molar-refractivity contribution < 1.29 is 14.6 Å². The van der Waals surface area contributed by atoms with Crippen LogP contribution < -0.4 is 5.32 Å². The largest absolute Gasteiger partial charge is 0.444 e. The molecule has 5 nitrogen and oxygen atoms in total. The zero-order valence-electron chi connectivity index (χ0n) is 14.9. The first kappa shape index (κ1) is 19.2. The molecular weight excluding hydrogens is 280 g/mol. The Bertz CT molecular complexity index is 341. The van der Waals surface area contributed by atoms with Crippen molar-refractivity contribution in [2.24, 2.45) is 5.92 Å². The molecule has 22 heavy (non-hydrogen) atoms. The Morgan fingerprint density at radius 3 is 2.68 bits per heavy atom. The highest BCUT2D eigenvalue weighted by atomic mass is 16.6. The summed E-state index contributed by atoms with van der Waals surface area (Å²) in [6.07, 6.45) is 3.73. The van der Waals surface area contributed by atoms with Gasteiger partial charge in [-0.3, -0.25) is 0 Å². The summed E-state index contributed by atoms with van der Waals surface area (Å²) < 4.78 is 5.48. The second-order valence-electron chi connectivity index (χ2n) is 7.40. The molecule has 0 aromatic rings. The predicted octanol–water partition coefficient (Wildman–Crippen LogP) is 2.77. The van der Waals surface area contributed by atoms with Crippen molar-refractivity contribution in [2.45, 2.75) is 78.0 Å². The van der Waals surface area contributed by atoms with E-state index in [0.717, 1.165) is 38.8 Å². The van der Waals surface area contributed by atoms with Crippen LogP contribution in [0.1, 0.15) is 60.3 Å². The summed E-state index contributed by atoms with van der Waals surface area (Å²) in [6, 6.07) is 0.679. The summed E-state index contributed by atoms with van der Waals surface area (Å²) in [4.78, 5) is 14.1. The molecule has 0 aliphatic carbocycles. The van der Waals surface area contributed by atoms with Crippen molar-refractivity contribution in [1.29, 1.82) is 0 Å². The molecule has 0 aromatic carbocycles. The lowest BCUT2D eigenvalue weighted by molar-refractivity contribution is 0.0145. The maximum Gasteiger partial charge on any atom is 0.410 e. The molecule has 0 aromatic heterocycles. The Balaban J connectivity index is 2.53. The zero-order chi connectivity index (χ0) is 16.8. The van der Waals surface area contributed by atoms with Gasteiger partial charge in [-0.1, -0.05) is 6.92 Å². The van der Waals surface area contributed by atoms with Gasteiger partial charge < -0.3 is 20.1 Å². The average molecular weight is 314 g/mol. The van der Waals surface area contributed by atoms with Crippen molar-refractivity contribution in [3.05, 3.63) is 0 Å². The number of ether oxygens (including phenoxy) is 1. The molecule has 3 unspecified atom stereocenters. The Kier molecular flexibility index (Phi) is 7.63. The smallest absolute Gasteiger partial charge is 0.410 e. The second kappa shape index (κ2) is 8.73. The summed E-state index contributed by atoms with van der Waals surface area (Å²) in [7, 11) is 0. The lowest BCUT2D eigenvalue weighted by atomic mass is 9.91. The van der Waals surface area contributed by atoms with E-state index >= 15 is 0 Å². The van der Waals surface area contributed by atoms with Crippen LogP contribution in [-0.4, -0.2) is 53.5 Å². The molecule has 0 radical (unpaired) electrons. The number of aliphatic hydroxyl groups is 1. The normalized spacial score (nSPS) is 22.3. The van der Waals surface area contributed by atoms with Crippen LogP contribution in [0.5, 0.6) is 0 Å². The predicted molar refractivity (Wildman–Crippen MR) is 88.9 cm³/mol. The number of nitrogens with zero attached hydrogens (tertiary/aromatic N) is 1. The molecule has 1 aliphatic rings. The van der Waals surface area contributed by atoms with E-state index in [1.807, 2.05) is 25.7 Å². The summed E-state index contributed by atoms with van der Waals surface area (Å²) in [6.45, 7) is 11.8. The Morgan fingerprint density at radius 1 is 1.45 bits per heavy atom. The third-order valence-corrected chi connectivity index (χ3v) is 4.29. The van der Waals surface area contributed by atoms with E-state index in [0.29, 0.717) is 18.0 Å². The van der Waals surface area contributed by atoms with Crippen LogP contribution >= 0.6 is 0 Å². The van der Waals surface area contributed by atoms with Gasteiger partial charge in [0.1, 0.15) is 5.60 Å². The molecule has 1 aliphatic heterocycles. The minimum Gasteiger partial charge on any atom is -0.444 e. The van der Waals surface area contributed by atoms with E-state index in [1.54, 1.807) is 0 Å². The van der Waals surface area contributed by atoms with Crippen molar-refractivity contribution in [3.63, 3.8) is 0 Å². The summed E-state index contributed by atoms with van der Waals surface area (Å²) in [5.74, 6) is 0.439. The maximum absolute atomic E-state index is 12.2.